The van der Waals surface area contributed by atoms with Gasteiger partial charge in [-0.2, -0.15) is 0 Å². The molecule has 1 aromatic carbocycles. The van der Waals surface area contributed by atoms with Gasteiger partial charge in [-0.05, 0) is 31.0 Å². The summed E-state index contributed by atoms with van der Waals surface area (Å²) in [5.41, 5.74) is 1.07. The van der Waals surface area contributed by atoms with Crippen LogP contribution in [0.1, 0.15) is 25.8 Å². The number of carbonyl (C=O) groups is 1. The zero-order chi connectivity index (χ0) is 14.6. The molecule has 1 aliphatic heterocycles. The van der Waals surface area contributed by atoms with E-state index in [1.807, 2.05) is 30.3 Å². The van der Waals surface area contributed by atoms with E-state index < -0.39 is 0 Å². The van der Waals surface area contributed by atoms with E-state index in [9.17, 15) is 4.79 Å². The minimum absolute atomic E-state index is 0.0682. The summed E-state index contributed by atoms with van der Waals surface area (Å²) in [6, 6.07) is 9.90. The molecule has 1 saturated heterocycles. The van der Waals surface area contributed by atoms with Crippen LogP contribution in [-0.4, -0.2) is 37.2 Å². The Balaban J connectivity index is 1.82. The van der Waals surface area contributed by atoms with Gasteiger partial charge in [0.05, 0.1) is 0 Å². The summed E-state index contributed by atoms with van der Waals surface area (Å²) >= 11 is 0. The van der Waals surface area contributed by atoms with E-state index in [4.69, 9.17) is 4.74 Å². The summed E-state index contributed by atoms with van der Waals surface area (Å²) in [5.74, 6) is 0. The Hall–Kier alpha value is -1.55. The molecule has 0 unspecified atom stereocenters. The van der Waals surface area contributed by atoms with Gasteiger partial charge in [0.2, 0.25) is 0 Å². The van der Waals surface area contributed by atoms with Crippen LogP contribution < -0.4 is 5.32 Å². The molecule has 0 spiro atoms. The van der Waals surface area contributed by atoms with Crippen molar-refractivity contribution in [3.05, 3.63) is 35.9 Å². The lowest BCUT2D eigenvalue weighted by Crippen LogP contribution is -2.54. The van der Waals surface area contributed by atoms with E-state index in [0.717, 1.165) is 25.1 Å². The van der Waals surface area contributed by atoms with Crippen molar-refractivity contribution < 1.29 is 9.53 Å². The third-order valence-corrected chi connectivity index (χ3v) is 3.93. The van der Waals surface area contributed by atoms with Crippen molar-refractivity contribution in [3.63, 3.8) is 0 Å². The molecular weight excluding hydrogens is 252 g/mol. The van der Waals surface area contributed by atoms with Gasteiger partial charge in [-0.3, -0.25) is 0 Å². The first-order valence-electron chi connectivity index (χ1n) is 7.13. The van der Waals surface area contributed by atoms with Crippen LogP contribution in [0.3, 0.4) is 0 Å². The number of benzene rings is 1. The summed E-state index contributed by atoms with van der Waals surface area (Å²) in [7, 11) is 2.12. The molecule has 1 aromatic rings. The van der Waals surface area contributed by atoms with E-state index in [2.05, 4.69) is 31.1 Å². The molecule has 1 aliphatic rings. The second-order valence-corrected chi connectivity index (χ2v) is 6.27. The van der Waals surface area contributed by atoms with Gasteiger partial charge in [-0.1, -0.05) is 44.2 Å². The number of alkyl carbamates (subject to hydrolysis) is 1. The first-order valence-corrected chi connectivity index (χ1v) is 7.13. The van der Waals surface area contributed by atoms with Crippen LogP contribution in [0.15, 0.2) is 30.3 Å². The second-order valence-electron chi connectivity index (χ2n) is 6.27. The average Bonchev–Trinajstić information content (AvgIpc) is 2.40. The Labute approximate surface area is 121 Å². The first kappa shape index (κ1) is 14.9. The highest BCUT2D eigenvalue weighted by atomic mass is 16.5. The maximum atomic E-state index is 11.9. The maximum absolute atomic E-state index is 11.9. The van der Waals surface area contributed by atoms with Gasteiger partial charge < -0.3 is 15.0 Å². The standard InChI is InChI=1S/C16H24N2O2/c1-16(2)12-18(3)10-9-14(16)17-15(19)20-11-13-7-5-4-6-8-13/h4-8,14H,9-12H2,1-3H3,(H,17,19)/t14-/m0/s1. The van der Waals surface area contributed by atoms with Crippen molar-refractivity contribution in [3.8, 4) is 0 Å². The van der Waals surface area contributed by atoms with E-state index in [1.54, 1.807) is 0 Å². The maximum Gasteiger partial charge on any atom is 0.407 e. The molecule has 0 aromatic heterocycles. The molecule has 1 amide bonds. The molecule has 0 bridgehead atoms. The van der Waals surface area contributed by atoms with E-state index in [0.29, 0.717) is 6.61 Å². The number of nitrogens with one attached hydrogen (secondary N) is 1. The number of ether oxygens (including phenoxy) is 1. The van der Waals surface area contributed by atoms with Crippen LogP contribution in [-0.2, 0) is 11.3 Å². The van der Waals surface area contributed by atoms with E-state index >= 15 is 0 Å². The fourth-order valence-electron chi connectivity index (χ4n) is 2.80. The summed E-state index contributed by atoms with van der Waals surface area (Å²) in [6.45, 7) is 6.68. The van der Waals surface area contributed by atoms with Crippen molar-refractivity contribution in [2.24, 2.45) is 5.41 Å². The van der Waals surface area contributed by atoms with Gasteiger partial charge in [0.15, 0.2) is 0 Å². The molecular formula is C16H24N2O2. The molecule has 110 valence electrons. The lowest BCUT2D eigenvalue weighted by molar-refractivity contribution is 0.0806. The molecule has 0 radical (unpaired) electrons. The topological polar surface area (TPSA) is 41.6 Å². The predicted octanol–water partition coefficient (Wildman–Crippen LogP) is 2.64. The number of hydrogen-bond acceptors (Lipinski definition) is 3. The summed E-state index contributed by atoms with van der Waals surface area (Å²) in [4.78, 5) is 14.2. The van der Waals surface area contributed by atoms with Crippen LogP contribution in [0.4, 0.5) is 4.79 Å². The van der Waals surface area contributed by atoms with Gasteiger partial charge in [-0.15, -0.1) is 0 Å². The van der Waals surface area contributed by atoms with Crippen molar-refractivity contribution in [1.82, 2.24) is 10.2 Å². The van der Waals surface area contributed by atoms with Gasteiger partial charge in [0.25, 0.3) is 0 Å². The number of carbonyl (C=O) groups excluding carboxylic acids is 1. The summed E-state index contributed by atoms with van der Waals surface area (Å²) in [6.07, 6.45) is 0.640. The van der Waals surface area contributed by atoms with Gasteiger partial charge in [-0.25, -0.2) is 4.79 Å². The monoisotopic (exact) mass is 276 g/mol. The molecule has 20 heavy (non-hydrogen) atoms. The molecule has 2 rings (SSSR count). The van der Waals surface area contributed by atoms with Crippen molar-refractivity contribution >= 4 is 6.09 Å². The zero-order valence-electron chi connectivity index (χ0n) is 12.6. The quantitative estimate of drug-likeness (QED) is 0.922. The third kappa shape index (κ3) is 3.97. The fourth-order valence-corrected chi connectivity index (χ4v) is 2.80. The number of likely N-dealkylation sites (tertiary alicyclic amines) is 1. The lowest BCUT2D eigenvalue weighted by atomic mass is 9.79. The highest BCUT2D eigenvalue weighted by molar-refractivity contribution is 5.67. The van der Waals surface area contributed by atoms with E-state index in [1.165, 1.54) is 0 Å². The molecule has 1 heterocycles. The Kier molecular flexibility index (Phi) is 4.65. The van der Waals surface area contributed by atoms with Gasteiger partial charge >= 0.3 is 6.09 Å². The SMILES string of the molecule is CN1CC[C@H](NC(=O)OCc2ccccc2)C(C)(C)C1. The Morgan fingerprint density at radius 3 is 2.75 bits per heavy atom. The molecule has 1 N–H and O–H groups in total. The van der Waals surface area contributed by atoms with Crippen LogP contribution in [0.2, 0.25) is 0 Å². The number of nitrogens with zero attached hydrogens (tertiary/aromatic N) is 1. The lowest BCUT2D eigenvalue weighted by Gasteiger charge is -2.42. The van der Waals surface area contributed by atoms with Gasteiger partial charge in [0, 0.05) is 12.6 Å². The average molecular weight is 276 g/mol. The van der Waals surface area contributed by atoms with Crippen LogP contribution in [0.25, 0.3) is 0 Å². The fraction of sp³-hybridized carbons (Fsp3) is 0.562. The number of piperidine rings is 1. The minimum atomic E-state index is -0.323. The van der Waals surface area contributed by atoms with Gasteiger partial charge in [0.1, 0.15) is 6.61 Å². The largest absolute Gasteiger partial charge is 0.445 e. The third-order valence-electron chi connectivity index (χ3n) is 3.93. The molecule has 1 atom stereocenters. The van der Waals surface area contributed by atoms with Crippen LogP contribution in [0.5, 0.6) is 0 Å². The van der Waals surface area contributed by atoms with Crippen molar-refractivity contribution in [2.45, 2.75) is 32.9 Å². The highest BCUT2D eigenvalue weighted by Gasteiger charge is 2.35. The van der Waals surface area contributed by atoms with Crippen molar-refractivity contribution in [1.29, 1.82) is 0 Å². The van der Waals surface area contributed by atoms with Crippen LogP contribution in [0, 0.1) is 5.41 Å². The normalized spacial score (nSPS) is 22.2. The Bertz CT molecular complexity index is 445. The minimum Gasteiger partial charge on any atom is -0.445 e. The molecule has 0 aliphatic carbocycles. The molecule has 1 fully saturated rings. The summed E-state index contributed by atoms with van der Waals surface area (Å²) in [5, 5.41) is 3.01. The van der Waals surface area contributed by atoms with Crippen molar-refractivity contribution in [2.75, 3.05) is 20.1 Å². The van der Waals surface area contributed by atoms with E-state index in [-0.39, 0.29) is 17.6 Å². The summed E-state index contributed by atoms with van der Waals surface area (Å²) < 4.78 is 5.29. The second kappa shape index (κ2) is 6.27. The first-order chi connectivity index (χ1) is 9.47. The molecule has 4 nitrogen and oxygen atoms in total. The number of rotatable bonds is 3. The smallest absolute Gasteiger partial charge is 0.407 e. The highest BCUT2D eigenvalue weighted by Crippen LogP contribution is 2.28. The molecule has 0 saturated carbocycles. The number of amides is 1. The predicted molar refractivity (Wildman–Crippen MR) is 79.4 cm³/mol. The Morgan fingerprint density at radius 1 is 1.40 bits per heavy atom. The van der Waals surface area contributed by atoms with Crippen LogP contribution >= 0.6 is 0 Å². The number of hydrogen-bond donors (Lipinski definition) is 1. The Morgan fingerprint density at radius 2 is 2.10 bits per heavy atom. The zero-order valence-corrected chi connectivity index (χ0v) is 12.6. The molecule has 4 heteroatoms.